The quantitative estimate of drug-likeness (QED) is 0.750. The van der Waals surface area contributed by atoms with Crippen LogP contribution in [0.5, 0.6) is 5.88 Å². The molecule has 0 atom stereocenters. The van der Waals surface area contributed by atoms with E-state index in [0.29, 0.717) is 19.0 Å². The molecule has 0 amide bonds. The molecule has 1 rings (SSSR count). The molecule has 0 fully saturated rings. The molecular weight excluding hydrogens is 190 g/mol. The molecule has 4 nitrogen and oxygen atoms in total. The maximum Gasteiger partial charge on any atom is 0.238 e. The maximum atomic E-state index is 5.68. The van der Waals surface area contributed by atoms with Crippen LogP contribution in [0.4, 0.5) is 0 Å². The molecule has 0 radical (unpaired) electrons. The highest BCUT2D eigenvalue weighted by atomic mass is 16.5. The Labute approximate surface area is 90.8 Å². The number of nitrogens with two attached hydrogens (primary N) is 1. The number of ether oxygens (including phenoxy) is 1. The van der Waals surface area contributed by atoms with Gasteiger partial charge in [0.05, 0.1) is 12.3 Å². The van der Waals surface area contributed by atoms with Gasteiger partial charge in [0.1, 0.15) is 0 Å². The van der Waals surface area contributed by atoms with E-state index < -0.39 is 0 Å². The van der Waals surface area contributed by atoms with Crippen molar-refractivity contribution >= 4 is 0 Å². The summed E-state index contributed by atoms with van der Waals surface area (Å²) in [5, 5.41) is 8.06. The van der Waals surface area contributed by atoms with Crippen molar-refractivity contribution in [1.29, 1.82) is 0 Å². The summed E-state index contributed by atoms with van der Waals surface area (Å²) in [6.07, 6.45) is 2.13. The Morgan fingerprint density at radius 3 is 2.60 bits per heavy atom. The van der Waals surface area contributed by atoms with Crippen LogP contribution in [0.1, 0.15) is 36.6 Å². The number of hydrogen-bond acceptors (Lipinski definition) is 4. The zero-order valence-corrected chi connectivity index (χ0v) is 9.71. The number of aromatic nitrogens is 2. The summed E-state index contributed by atoms with van der Waals surface area (Å²) in [6, 6.07) is 0. The smallest absolute Gasteiger partial charge is 0.238 e. The van der Waals surface area contributed by atoms with E-state index in [9.17, 15) is 0 Å². The summed E-state index contributed by atoms with van der Waals surface area (Å²) < 4.78 is 5.55. The Balaban J connectivity index is 2.83. The van der Waals surface area contributed by atoms with Gasteiger partial charge in [-0.25, -0.2) is 0 Å². The average molecular weight is 209 g/mol. The van der Waals surface area contributed by atoms with Crippen molar-refractivity contribution in [2.45, 2.75) is 40.2 Å². The molecule has 1 aromatic heterocycles. The zero-order valence-electron chi connectivity index (χ0n) is 9.71. The minimum atomic E-state index is 0.448. The lowest BCUT2D eigenvalue weighted by molar-refractivity contribution is 0.290. The summed E-state index contributed by atoms with van der Waals surface area (Å²) in [5.74, 6) is 0.592. The lowest BCUT2D eigenvalue weighted by Crippen LogP contribution is -2.10. The van der Waals surface area contributed by atoms with Gasteiger partial charge in [-0.05, 0) is 25.8 Å². The molecule has 0 saturated carbocycles. The molecule has 0 aliphatic rings. The molecular formula is C11H19N3O. The monoisotopic (exact) mass is 209 g/mol. The third-order valence-electron chi connectivity index (χ3n) is 2.49. The van der Waals surface area contributed by atoms with Crippen LogP contribution >= 0.6 is 0 Å². The third kappa shape index (κ3) is 2.89. The van der Waals surface area contributed by atoms with Crippen LogP contribution in [0.15, 0.2) is 0 Å². The van der Waals surface area contributed by atoms with Crippen molar-refractivity contribution < 1.29 is 4.74 Å². The van der Waals surface area contributed by atoms with Crippen molar-refractivity contribution in [2.75, 3.05) is 6.61 Å². The van der Waals surface area contributed by atoms with Gasteiger partial charge in [-0.15, -0.1) is 5.10 Å². The van der Waals surface area contributed by atoms with Crippen LogP contribution in [-0.4, -0.2) is 16.8 Å². The second-order valence-electron chi connectivity index (χ2n) is 3.60. The largest absolute Gasteiger partial charge is 0.476 e. The summed E-state index contributed by atoms with van der Waals surface area (Å²) in [6.45, 7) is 7.18. The highest BCUT2D eigenvalue weighted by molar-refractivity contribution is 5.34. The molecule has 0 aliphatic heterocycles. The summed E-state index contributed by atoms with van der Waals surface area (Å²) in [4.78, 5) is 0. The van der Waals surface area contributed by atoms with Crippen LogP contribution in [0.25, 0.3) is 0 Å². The summed E-state index contributed by atoms with van der Waals surface area (Å²) in [7, 11) is 0. The fraction of sp³-hybridized carbons (Fsp3) is 0.636. The van der Waals surface area contributed by atoms with Gasteiger partial charge in [-0.2, -0.15) is 5.10 Å². The Morgan fingerprint density at radius 1 is 1.27 bits per heavy atom. The maximum absolute atomic E-state index is 5.68. The minimum absolute atomic E-state index is 0.448. The molecule has 2 N–H and O–H groups in total. The van der Waals surface area contributed by atoms with E-state index >= 15 is 0 Å². The first kappa shape index (κ1) is 11.9. The zero-order chi connectivity index (χ0) is 11.3. The average Bonchev–Trinajstić information content (AvgIpc) is 2.24. The molecule has 0 unspecified atom stereocenters. The SMILES string of the molecule is CCCCOc1nnc(C)c(C)c1CN. The Bertz CT molecular complexity index is 326. The molecule has 84 valence electrons. The van der Waals surface area contributed by atoms with Crippen molar-refractivity contribution in [1.82, 2.24) is 10.2 Å². The van der Waals surface area contributed by atoms with Gasteiger partial charge in [0.2, 0.25) is 5.88 Å². The summed E-state index contributed by atoms with van der Waals surface area (Å²) in [5.41, 5.74) is 8.65. The van der Waals surface area contributed by atoms with Gasteiger partial charge in [0.15, 0.2) is 0 Å². The molecule has 0 bridgehead atoms. The Hall–Kier alpha value is -1.16. The van der Waals surface area contributed by atoms with Crippen LogP contribution in [0, 0.1) is 13.8 Å². The predicted molar refractivity (Wildman–Crippen MR) is 59.8 cm³/mol. The number of aryl methyl sites for hydroxylation is 1. The normalized spacial score (nSPS) is 10.4. The first-order valence-corrected chi connectivity index (χ1v) is 5.36. The van der Waals surface area contributed by atoms with Crippen LogP contribution in [0.2, 0.25) is 0 Å². The van der Waals surface area contributed by atoms with Crippen LogP contribution in [-0.2, 0) is 6.54 Å². The van der Waals surface area contributed by atoms with Crippen molar-refractivity contribution in [2.24, 2.45) is 5.73 Å². The van der Waals surface area contributed by atoms with Crippen LogP contribution < -0.4 is 10.5 Å². The fourth-order valence-corrected chi connectivity index (χ4v) is 1.30. The Kier molecular flexibility index (Phi) is 4.49. The van der Waals surface area contributed by atoms with Gasteiger partial charge >= 0.3 is 0 Å². The molecule has 0 aliphatic carbocycles. The lowest BCUT2D eigenvalue weighted by Gasteiger charge is -2.11. The van der Waals surface area contributed by atoms with Crippen LogP contribution in [0.3, 0.4) is 0 Å². The topological polar surface area (TPSA) is 61.0 Å². The summed E-state index contributed by atoms with van der Waals surface area (Å²) >= 11 is 0. The second-order valence-corrected chi connectivity index (χ2v) is 3.60. The highest BCUT2D eigenvalue weighted by Gasteiger charge is 2.10. The molecule has 0 saturated heterocycles. The highest BCUT2D eigenvalue weighted by Crippen LogP contribution is 2.19. The lowest BCUT2D eigenvalue weighted by atomic mass is 10.1. The van der Waals surface area contributed by atoms with Gasteiger partial charge in [0, 0.05) is 12.1 Å². The first-order valence-electron chi connectivity index (χ1n) is 5.36. The number of nitrogens with zero attached hydrogens (tertiary/aromatic N) is 2. The molecule has 0 aromatic carbocycles. The van der Waals surface area contributed by atoms with Gasteiger partial charge in [-0.3, -0.25) is 0 Å². The van der Waals surface area contributed by atoms with E-state index in [-0.39, 0.29) is 0 Å². The Morgan fingerprint density at radius 2 is 2.00 bits per heavy atom. The predicted octanol–water partition coefficient (Wildman–Crippen LogP) is 1.73. The standard InChI is InChI=1S/C11H19N3O/c1-4-5-6-15-11-10(7-12)8(2)9(3)13-14-11/h4-7,12H2,1-3H3. The first-order chi connectivity index (χ1) is 7.20. The van der Waals surface area contributed by atoms with Crippen molar-refractivity contribution in [3.8, 4) is 5.88 Å². The van der Waals surface area contributed by atoms with Gasteiger partial charge in [0.25, 0.3) is 0 Å². The molecule has 15 heavy (non-hydrogen) atoms. The number of hydrogen-bond donors (Lipinski definition) is 1. The van der Waals surface area contributed by atoms with E-state index in [1.54, 1.807) is 0 Å². The van der Waals surface area contributed by atoms with E-state index in [1.165, 1.54) is 0 Å². The van der Waals surface area contributed by atoms with Gasteiger partial charge in [-0.1, -0.05) is 13.3 Å². The van der Waals surface area contributed by atoms with E-state index in [4.69, 9.17) is 10.5 Å². The second kappa shape index (κ2) is 5.66. The minimum Gasteiger partial charge on any atom is -0.476 e. The van der Waals surface area contributed by atoms with Crippen molar-refractivity contribution in [3.05, 3.63) is 16.8 Å². The fourth-order valence-electron chi connectivity index (χ4n) is 1.30. The number of rotatable bonds is 5. The molecule has 4 heteroatoms. The van der Waals surface area contributed by atoms with E-state index in [0.717, 1.165) is 29.7 Å². The third-order valence-corrected chi connectivity index (χ3v) is 2.49. The molecule has 1 heterocycles. The van der Waals surface area contributed by atoms with E-state index in [1.807, 2.05) is 13.8 Å². The van der Waals surface area contributed by atoms with Crippen molar-refractivity contribution in [3.63, 3.8) is 0 Å². The number of unbranched alkanes of at least 4 members (excludes halogenated alkanes) is 1. The van der Waals surface area contributed by atoms with Gasteiger partial charge < -0.3 is 10.5 Å². The molecule has 0 spiro atoms. The van der Waals surface area contributed by atoms with E-state index in [2.05, 4.69) is 17.1 Å². The molecule has 1 aromatic rings.